The van der Waals surface area contributed by atoms with Crippen molar-refractivity contribution < 1.29 is 4.79 Å². The molecule has 0 saturated carbocycles. The number of aromatic nitrogens is 3. The SMILES string of the molecule is C=CCNC(=O)CSc1nncn1-c1ccc(C)cc1. The van der Waals surface area contributed by atoms with E-state index in [2.05, 4.69) is 22.1 Å². The van der Waals surface area contributed by atoms with Gasteiger partial charge in [-0.1, -0.05) is 35.5 Å². The number of nitrogens with zero attached hydrogens (tertiary/aromatic N) is 3. The zero-order valence-electron chi connectivity index (χ0n) is 11.2. The Morgan fingerprint density at radius 2 is 2.20 bits per heavy atom. The Kier molecular flexibility index (Phi) is 4.95. The minimum Gasteiger partial charge on any atom is -0.352 e. The van der Waals surface area contributed by atoms with Gasteiger partial charge in [-0.25, -0.2) is 0 Å². The van der Waals surface area contributed by atoms with Crippen molar-refractivity contribution in [2.24, 2.45) is 0 Å². The lowest BCUT2D eigenvalue weighted by molar-refractivity contribution is -0.118. The third-order valence-corrected chi connectivity index (χ3v) is 3.55. The molecule has 1 heterocycles. The summed E-state index contributed by atoms with van der Waals surface area (Å²) >= 11 is 1.35. The topological polar surface area (TPSA) is 59.8 Å². The molecule has 2 rings (SSSR count). The van der Waals surface area contributed by atoms with Gasteiger partial charge >= 0.3 is 0 Å². The normalized spacial score (nSPS) is 10.2. The van der Waals surface area contributed by atoms with E-state index in [-0.39, 0.29) is 5.91 Å². The van der Waals surface area contributed by atoms with Crippen molar-refractivity contribution in [3.8, 4) is 5.69 Å². The average Bonchev–Trinajstić information content (AvgIpc) is 2.92. The number of aryl methyl sites for hydroxylation is 1. The van der Waals surface area contributed by atoms with Crippen LogP contribution in [-0.4, -0.2) is 33.0 Å². The van der Waals surface area contributed by atoms with Crippen LogP contribution in [0.1, 0.15) is 5.56 Å². The second-order valence-electron chi connectivity index (χ2n) is 4.20. The van der Waals surface area contributed by atoms with Crippen molar-refractivity contribution in [2.75, 3.05) is 12.3 Å². The van der Waals surface area contributed by atoms with Gasteiger partial charge in [0.1, 0.15) is 6.33 Å². The van der Waals surface area contributed by atoms with Crippen LogP contribution in [0.5, 0.6) is 0 Å². The van der Waals surface area contributed by atoms with Crippen molar-refractivity contribution >= 4 is 17.7 Å². The van der Waals surface area contributed by atoms with Gasteiger partial charge in [-0.2, -0.15) is 0 Å². The smallest absolute Gasteiger partial charge is 0.230 e. The zero-order valence-corrected chi connectivity index (χ0v) is 12.1. The summed E-state index contributed by atoms with van der Waals surface area (Å²) in [6.07, 6.45) is 3.30. The fourth-order valence-electron chi connectivity index (χ4n) is 1.57. The van der Waals surface area contributed by atoms with Gasteiger partial charge < -0.3 is 5.32 Å². The first-order valence-corrected chi connectivity index (χ1v) is 7.16. The van der Waals surface area contributed by atoms with Crippen molar-refractivity contribution in [3.05, 3.63) is 48.8 Å². The van der Waals surface area contributed by atoms with E-state index in [0.29, 0.717) is 17.5 Å². The van der Waals surface area contributed by atoms with Crippen LogP contribution in [0.2, 0.25) is 0 Å². The van der Waals surface area contributed by atoms with Gasteiger partial charge in [-0.3, -0.25) is 9.36 Å². The number of rotatable bonds is 6. The highest BCUT2D eigenvalue weighted by molar-refractivity contribution is 7.99. The summed E-state index contributed by atoms with van der Waals surface area (Å²) in [4.78, 5) is 11.6. The molecule has 0 aliphatic heterocycles. The lowest BCUT2D eigenvalue weighted by Gasteiger charge is -2.06. The first-order chi connectivity index (χ1) is 9.70. The summed E-state index contributed by atoms with van der Waals surface area (Å²) in [6, 6.07) is 8.06. The maximum absolute atomic E-state index is 11.6. The highest BCUT2D eigenvalue weighted by Gasteiger charge is 2.09. The molecule has 0 atom stereocenters. The molecule has 0 aliphatic rings. The van der Waals surface area contributed by atoms with E-state index in [1.807, 2.05) is 35.8 Å². The molecule has 2 aromatic rings. The van der Waals surface area contributed by atoms with Crippen LogP contribution in [0.15, 0.2) is 48.4 Å². The van der Waals surface area contributed by atoms with Crippen LogP contribution in [-0.2, 0) is 4.79 Å². The monoisotopic (exact) mass is 288 g/mol. The third-order valence-electron chi connectivity index (χ3n) is 2.60. The van der Waals surface area contributed by atoms with Gasteiger partial charge in [0.05, 0.1) is 5.75 Å². The molecule has 1 amide bonds. The Morgan fingerprint density at radius 3 is 2.90 bits per heavy atom. The maximum atomic E-state index is 11.6. The molecule has 0 aliphatic carbocycles. The van der Waals surface area contributed by atoms with E-state index >= 15 is 0 Å². The molecule has 6 heteroatoms. The fraction of sp³-hybridized carbons (Fsp3) is 0.214. The lowest BCUT2D eigenvalue weighted by Crippen LogP contribution is -2.25. The quantitative estimate of drug-likeness (QED) is 0.652. The summed E-state index contributed by atoms with van der Waals surface area (Å²) in [7, 11) is 0. The number of amides is 1. The second-order valence-corrected chi connectivity index (χ2v) is 5.14. The molecule has 104 valence electrons. The molecule has 0 fully saturated rings. The highest BCUT2D eigenvalue weighted by Crippen LogP contribution is 2.19. The minimum absolute atomic E-state index is 0.0478. The molecular formula is C14H16N4OS. The highest BCUT2D eigenvalue weighted by atomic mass is 32.2. The van der Waals surface area contributed by atoms with Crippen LogP contribution in [0.25, 0.3) is 5.69 Å². The van der Waals surface area contributed by atoms with E-state index in [4.69, 9.17) is 0 Å². The Bertz CT molecular complexity index is 591. The average molecular weight is 288 g/mol. The van der Waals surface area contributed by atoms with Gasteiger partial charge in [-0.05, 0) is 19.1 Å². The molecule has 1 aromatic heterocycles. The van der Waals surface area contributed by atoms with Crippen LogP contribution in [0.3, 0.4) is 0 Å². The maximum Gasteiger partial charge on any atom is 0.230 e. The molecule has 20 heavy (non-hydrogen) atoms. The van der Waals surface area contributed by atoms with Gasteiger partial charge in [0.15, 0.2) is 5.16 Å². The number of nitrogens with one attached hydrogen (secondary N) is 1. The van der Waals surface area contributed by atoms with Crippen LogP contribution in [0.4, 0.5) is 0 Å². The lowest BCUT2D eigenvalue weighted by atomic mass is 10.2. The van der Waals surface area contributed by atoms with Crippen LogP contribution < -0.4 is 5.32 Å². The molecule has 0 bridgehead atoms. The molecule has 0 unspecified atom stereocenters. The largest absolute Gasteiger partial charge is 0.352 e. The van der Waals surface area contributed by atoms with Crippen molar-refractivity contribution in [1.29, 1.82) is 0 Å². The third kappa shape index (κ3) is 3.71. The molecule has 5 nitrogen and oxygen atoms in total. The van der Waals surface area contributed by atoms with Gasteiger partial charge in [0, 0.05) is 12.2 Å². The summed E-state index contributed by atoms with van der Waals surface area (Å²) in [5, 5.41) is 11.4. The summed E-state index contributed by atoms with van der Waals surface area (Å²) < 4.78 is 1.87. The molecule has 0 saturated heterocycles. The molecular weight excluding hydrogens is 272 g/mol. The number of hydrogen-bond acceptors (Lipinski definition) is 4. The van der Waals surface area contributed by atoms with Crippen molar-refractivity contribution in [3.63, 3.8) is 0 Å². The standard InChI is InChI=1S/C14H16N4OS/c1-3-8-15-13(19)9-20-14-17-16-10-18(14)12-6-4-11(2)5-7-12/h3-7,10H,1,8-9H2,2H3,(H,15,19). The predicted molar refractivity (Wildman–Crippen MR) is 80.0 cm³/mol. The number of thioether (sulfide) groups is 1. The Balaban J connectivity index is 2.03. The number of benzene rings is 1. The summed E-state index contributed by atoms with van der Waals surface area (Å²) in [6.45, 7) is 6.07. The van der Waals surface area contributed by atoms with Gasteiger partial charge in [0.25, 0.3) is 0 Å². The fourth-order valence-corrected chi connectivity index (χ4v) is 2.33. The summed E-state index contributed by atoms with van der Waals surface area (Å²) in [5.41, 5.74) is 2.18. The van der Waals surface area contributed by atoms with E-state index in [9.17, 15) is 4.79 Å². The zero-order chi connectivity index (χ0) is 14.4. The van der Waals surface area contributed by atoms with Gasteiger partial charge in [0.2, 0.25) is 5.91 Å². The first-order valence-electron chi connectivity index (χ1n) is 6.18. The van der Waals surface area contributed by atoms with Crippen molar-refractivity contribution in [1.82, 2.24) is 20.1 Å². The summed E-state index contributed by atoms with van der Waals surface area (Å²) in [5.74, 6) is 0.256. The van der Waals surface area contributed by atoms with E-state index in [0.717, 1.165) is 5.69 Å². The number of carbonyl (C=O) groups is 1. The van der Waals surface area contributed by atoms with Crippen molar-refractivity contribution in [2.45, 2.75) is 12.1 Å². The number of carbonyl (C=O) groups excluding carboxylic acids is 1. The van der Waals surface area contributed by atoms with Crippen LogP contribution >= 0.6 is 11.8 Å². The van der Waals surface area contributed by atoms with E-state index in [1.165, 1.54) is 17.3 Å². The second kappa shape index (κ2) is 6.91. The predicted octanol–water partition coefficient (Wildman–Crippen LogP) is 1.97. The molecule has 1 aromatic carbocycles. The van der Waals surface area contributed by atoms with Crippen LogP contribution in [0, 0.1) is 6.92 Å². The number of hydrogen-bond donors (Lipinski definition) is 1. The first kappa shape index (κ1) is 14.3. The van der Waals surface area contributed by atoms with E-state index in [1.54, 1.807) is 12.4 Å². The molecule has 1 N–H and O–H groups in total. The minimum atomic E-state index is -0.0478. The molecule has 0 radical (unpaired) electrons. The Labute approximate surface area is 122 Å². The van der Waals surface area contributed by atoms with Gasteiger partial charge in [-0.15, -0.1) is 16.8 Å². The molecule has 0 spiro atoms. The van der Waals surface area contributed by atoms with E-state index < -0.39 is 0 Å². The Hall–Kier alpha value is -2.08. The Morgan fingerprint density at radius 1 is 1.45 bits per heavy atom.